The lowest BCUT2D eigenvalue weighted by Gasteiger charge is -2.22. The van der Waals surface area contributed by atoms with E-state index < -0.39 is 21.3 Å². The summed E-state index contributed by atoms with van der Waals surface area (Å²) in [4.78, 5) is 0. The first-order valence-electron chi connectivity index (χ1n) is 5.34. The zero-order chi connectivity index (χ0) is 12.0. The van der Waals surface area contributed by atoms with Gasteiger partial charge in [0.25, 0.3) is 0 Å². The average Bonchev–Trinajstić information content (AvgIpc) is 2.16. The molecule has 1 rings (SSSR count). The first-order valence-corrected chi connectivity index (χ1v) is 8.10. The maximum atomic E-state index is 11.2. The molecule has 1 aliphatic carbocycles. The predicted octanol–water partition coefficient (Wildman–Crippen LogP) is -0.0352. The smallest absolute Gasteiger partial charge is 0.245 e. The molecular weight excluding hydrogens is 252 g/mol. The lowest BCUT2D eigenvalue weighted by atomic mass is 9.96. The summed E-state index contributed by atoms with van der Waals surface area (Å²) in [5, 5.41) is 3.15. The topological polar surface area (TPSA) is 95.5 Å². The molecule has 0 aromatic carbocycles. The Labute approximate surface area is 98.7 Å². The van der Waals surface area contributed by atoms with Crippen LogP contribution in [0.2, 0.25) is 0 Å². The van der Waals surface area contributed by atoms with Gasteiger partial charge in [-0.3, -0.25) is 4.55 Å². The van der Waals surface area contributed by atoms with E-state index in [2.05, 4.69) is 5.32 Å². The summed E-state index contributed by atoms with van der Waals surface area (Å²) in [6, 6.07) is 0.392. The van der Waals surface area contributed by atoms with E-state index >= 15 is 0 Å². The number of hydrogen-bond donors (Lipinski definition) is 3. The van der Waals surface area contributed by atoms with Crippen LogP contribution in [0, 0.1) is 0 Å². The van der Waals surface area contributed by atoms with Gasteiger partial charge in [0.2, 0.25) is 21.3 Å². The molecule has 0 aliphatic heterocycles. The lowest BCUT2D eigenvalue weighted by molar-refractivity contribution is 0.380. The van der Waals surface area contributed by atoms with E-state index in [-0.39, 0.29) is 5.75 Å². The van der Waals surface area contributed by atoms with Gasteiger partial charge in [-0.25, -0.2) is 12.6 Å². The fourth-order valence-corrected chi connectivity index (χ4v) is 3.44. The van der Waals surface area contributed by atoms with Crippen LogP contribution >= 0.6 is 0 Å². The molecule has 0 radical (unpaired) electrons. The van der Waals surface area contributed by atoms with Crippen LogP contribution < -0.4 is 9.44 Å². The summed E-state index contributed by atoms with van der Waals surface area (Å²) in [7, 11) is -3.64. The molecule has 1 fully saturated rings. The Balaban J connectivity index is 2.21. The van der Waals surface area contributed by atoms with Crippen molar-refractivity contribution in [1.82, 2.24) is 9.44 Å². The highest BCUT2D eigenvalue weighted by Crippen LogP contribution is 2.16. The minimum Gasteiger partial charge on any atom is -0.313 e. The van der Waals surface area contributed by atoms with E-state index in [0.717, 1.165) is 12.8 Å². The molecule has 0 aromatic heterocycles. The van der Waals surface area contributed by atoms with E-state index in [0.29, 0.717) is 12.6 Å². The van der Waals surface area contributed by atoms with Crippen molar-refractivity contribution in [1.29, 1.82) is 0 Å². The highest BCUT2D eigenvalue weighted by atomic mass is 32.3. The van der Waals surface area contributed by atoms with Gasteiger partial charge in [-0.1, -0.05) is 19.3 Å². The monoisotopic (exact) mass is 270 g/mol. The quantitative estimate of drug-likeness (QED) is 0.589. The standard InChI is InChI=1S/C8H18N2O4S2/c11-15(12)10-16(13,14)7-6-9-8-4-2-1-3-5-8/h8-10H,1-7H2,(H,11,12). The normalized spacial score (nSPS) is 20.8. The van der Waals surface area contributed by atoms with E-state index in [1.54, 1.807) is 4.13 Å². The molecule has 1 atom stereocenters. The van der Waals surface area contributed by atoms with Crippen LogP contribution in [0.1, 0.15) is 32.1 Å². The fourth-order valence-electron chi connectivity index (χ4n) is 1.85. The SMILES string of the molecule is O=S(O)NS(=O)(=O)CCNC1CCCCC1. The molecule has 0 heterocycles. The van der Waals surface area contributed by atoms with Crippen molar-refractivity contribution in [3.63, 3.8) is 0 Å². The first-order chi connectivity index (χ1) is 7.49. The summed E-state index contributed by atoms with van der Waals surface area (Å²) in [5.41, 5.74) is 0. The molecule has 1 aliphatic rings. The molecule has 6 nitrogen and oxygen atoms in total. The molecule has 16 heavy (non-hydrogen) atoms. The molecule has 0 bridgehead atoms. The summed E-state index contributed by atoms with van der Waals surface area (Å²) < 4.78 is 42.7. The summed E-state index contributed by atoms with van der Waals surface area (Å²) in [6.45, 7) is 0.317. The Bertz CT molecular complexity index is 325. The van der Waals surface area contributed by atoms with Crippen molar-refractivity contribution in [3.8, 4) is 0 Å². The summed E-state index contributed by atoms with van der Waals surface area (Å²) in [5.74, 6) is -0.171. The van der Waals surface area contributed by atoms with Crippen LogP contribution in [0.4, 0.5) is 0 Å². The largest absolute Gasteiger partial charge is 0.313 e. The lowest BCUT2D eigenvalue weighted by Crippen LogP contribution is -2.37. The van der Waals surface area contributed by atoms with Gasteiger partial charge in [0.1, 0.15) is 0 Å². The van der Waals surface area contributed by atoms with Crippen molar-refractivity contribution in [2.24, 2.45) is 0 Å². The van der Waals surface area contributed by atoms with E-state index in [1.807, 2.05) is 0 Å². The highest BCUT2D eigenvalue weighted by Gasteiger charge is 2.16. The second-order valence-corrected chi connectivity index (χ2v) is 6.74. The van der Waals surface area contributed by atoms with Crippen molar-refractivity contribution >= 4 is 21.3 Å². The third kappa shape index (κ3) is 5.90. The average molecular weight is 270 g/mol. The van der Waals surface area contributed by atoms with Gasteiger partial charge in [-0.05, 0) is 12.8 Å². The van der Waals surface area contributed by atoms with Gasteiger partial charge in [0.05, 0.1) is 5.75 Å². The van der Waals surface area contributed by atoms with Gasteiger partial charge in [0.15, 0.2) is 0 Å². The van der Waals surface area contributed by atoms with E-state index in [1.165, 1.54) is 19.3 Å². The summed E-state index contributed by atoms with van der Waals surface area (Å²) >= 11 is -2.51. The molecule has 0 saturated heterocycles. The highest BCUT2D eigenvalue weighted by molar-refractivity contribution is 7.99. The zero-order valence-corrected chi connectivity index (χ0v) is 10.6. The van der Waals surface area contributed by atoms with Gasteiger partial charge in [-0.15, -0.1) is 4.13 Å². The van der Waals surface area contributed by atoms with Gasteiger partial charge < -0.3 is 5.32 Å². The minimum atomic E-state index is -3.64. The third-order valence-electron chi connectivity index (χ3n) is 2.61. The number of rotatable bonds is 6. The predicted molar refractivity (Wildman–Crippen MR) is 62.6 cm³/mol. The van der Waals surface area contributed by atoms with Crippen LogP contribution in [0.3, 0.4) is 0 Å². The Kier molecular flexibility index (Phi) is 5.84. The van der Waals surface area contributed by atoms with Crippen molar-refractivity contribution in [2.75, 3.05) is 12.3 Å². The van der Waals surface area contributed by atoms with E-state index in [4.69, 9.17) is 4.55 Å². The van der Waals surface area contributed by atoms with Gasteiger partial charge in [-0.2, -0.15) is 0 Å². The van der Waals surface area contributed by atoms with Crippen LogP contribution in [-0.4, -0.2) is 35.5 Å². The Morgan fingerprint density at radius 3 is 2.44 bits per heavy atom. The fraction of sp³-hybridized carbons (Fsp3) is 1.00. The van der Waals surface area contributed by atoms with Crippen LogP contribution in [0.25, 0.3) is 0 Å². The van der Waals surface area contributed by atoms with Crippen molar-refractivity contribution in [2.45, 2.75) is 38.1 Å². The molecule has 0 amide bonds. The molecule has 1 unspecified atom stereocenters. The number of nitrogens with one attached hydrogen (secondary N) is 2. The second-order valence-electron chi connectivity index (χ2n) is 3.94. The maximum absolute atomic E-state index is 11.2. The molecule has 0 aromatic rings. The zero-order valence-electron chi connectivity index (χ0n) is 9.02. The molecule has 1 saturated carbocycles. The number of hydrogen-bond acceptors (Lipinski definition) is 4. The Morgan fingerprint density at radius 1 is 1.25 bits per heavy atom. The minimum absolute atomic E-state index is 0.171. The van der Waals surface area contributed by atoms with E-state index in [9.17, 15) is 12.6 Å². The molecule has 0 spiro atoms. The van der Waals surface area contributed by atoms with Gasteiger partial charge >= 0.3 is 0 Å². The Morgan fingerprint density at radius 2 is 1.88 bits per heavy atom. The van der Waals surface area contributed by atoms with Crippen LogP contribution in [0.5, 0.6) is 0 Å². The van der Waals surface area contributed by atoms with Crippen molar-refractivity contribution < 1.29 is 17.2 Å². The molecule has 96 valence electrons. The maximum Gasteiger partial charge on any atom is 0.245 e. The summed E-state index contributed by atoms with van der Waals surface area (Å²) in [6.07, 6.45) is 5.78. The molecular formula is C8H18N2O4S2. The number of sulfonamides is 1. The van der Waals surface area contributed by atoms with Crippen molar-refractivity contribution in [3.05, 3.63) is 0 Å². The first kappa shape index (κ1) is 14.0. The van der Waals surface area contributed by atoms with Gasteiger partial charge in [0, 0.05) is 12.6 Å². The molecule has 3 N–H and O–H groups in total. The van der Waals surface area contributed by atoms with Crippen LogP contribution in [-0.2, 0) is 21.3 Å². The second kappa shape index (κ2) is 6.65. The Hall–Kier alpha value is -0.0200. The molecule has 8 heteroatoms. The van der Waals surface area contributed by atoms with Crippen LogP contribution in [0.15, 0.2) is 0 Å². The third-order valence-corrected chi connectivity index (χ3v) is 4.93.